The van der Waals surface area contributed by atoms with Crippen LogP contribution in [0.2, 0.25) is 0 Å². The monoisotopic (exact) mass is 341 g/mol. The number of hydrogen-bond donors (Lipinski definition) is 9. The molecule has 2 fully saturated rings. The molecule has 0 aromatic carbocycles. The zero-order chi connectivity index (χ0) is 17.5. The van der Waals surface area contributed by atoms with Gasteiger partial charge in [-0.1, -0.05) is 0 Å². The second kappa shape index (κ2) is 7.21. The molecule has 2 aliphatic rings. The Labute approximate surface area is 131 Å². The Hall–Kier alpha value is -0.440. The molecule has 0 unspecified atom stereocenters. The molecule has 1 saturated heterocycles. The lowest BCUT2D eigenvalue weighted by Crippen LogP contribution is -2.68. The summed E-state index contributed by atoms with van der Waals surface area (Å²) in [7, 11) is 0. The van der Waals surface area contributed by atoms with Crippen LogP contribution in [-0.4, -0.2) is 115 Å². The largest absolute Gasteiger partial charge is 0.394 e. The second-order valence-corrected chi connectivity index (χ2v) is 5.84. The highest BCUT2D eigenvalue weighted by Crippen LogP contribution is 2.28. The first-order valence-corrected chi connectivity index (χ1v) is 7.14. The number of ether oxygens (including phenoxy) is 2. The maximum absolute atomic E-state index is 9.89. The van der Waals surface area contributed by atoms with Gasteiger partial charge in [-0.25, -0.2) is 0 Å². The minimum Gasteiger partial charge on any atom is -0.394 e. The Bertz CT molecular complexity index is 382. The molecule has 136 valence electrons. The first-order valence-electron chi connectivity index (χ1n) is 7.14. The molecular weight excluding hydrogens is 318 g/mol. The normalized spacial score (nSPS) is 54.9. The molecule has 1 aliphatic heterocycles. The summed E-state index contributed by atoms with van der Waals surface area (Å²) in [5, 5.41) is 77.1. The van der Waals surface area contributed by atoms with Crippen molar-refractivity contribution in [2.24, 2.45) is 5.73 Å². The lowest BCUT2D eigenvalue weighted by Gasteiger charge is -2.46. The van der Waals surface area contributed by atoms with Gasteiger partial charge < -0.3 is 56.1 Å². The highest BCUT2D eigenvalue weighted by Gasteiger charge is 2.52. The van der Waals surface area contributed by atoms with Crippen LogP contribution in [0.3, 0.4) is 0 Å². The van der Waals surface area contributed by atoms with Gasteiger partial charge in [-0.05, 0) is 0 Å². The van der Waals surface area contributed by atoms with Crippen molar-refractivity contribution in [1.82, 2.24) is 0 Å². The van der Waals surface area contributed by atoms with Gasteiger partial charge >= 0.3 is 0 Å². The smallest absolute Gasteiger partial charge is 0.176 e. The van der Waals surface area contributed by atoms with Crippen LogP contribution < -0.4 is 5.73 Å². The molecular formula is C12H23NO10. The van der Waals surface area contributed by atoms with E-state index in [9.17, 15) is 35.7 Å². The highest BCUT2D eigenvalue weighted by molar-refractivity contribution is 5.00. The molecule has 0 spiro atoms. The number of aliphatic hydroxyl groups is 8. The topological polar surface area (TPSA) is 206 Å². The Morgan fingerprint density at radius 1 is 0.739 bits per heavy atom. The fourth-order valence-electron chi connectivity index (χ4n) is 2.74. The summed E-state index contributed by atoms with van der Waals surface area (Å²) in [5.41, 5.74) is 5.66. The maximum Gasteiger partial charge on any atom is 0.176 e. The maximum atomic E-state index is 9.89. The van der Waals surface area contributed by atoms with Crippen LogP contribution >= 0.6 is 0 Å². The van der Waals surface area contributed by atoms with E-state index in [2.05, 4.69) is 0 Å². The minimum absolute atomic E-state index is 0.648. The van der Waals surface area contributed by atoms with Gasteiger partial charge in [0.2, 0.25) is 0 Å². The van der Waals surface area contributed by atoms with Crippen molar-refractivity contribution in [2.75, 3.05) is 6.61 Å². The van der Waals surface area contributed by atoms with Gasteiger partial charge in [0.05, 0.1) is 12.6 Å². The lowest BCUT2D eigenvalue weighted by molar-refractivity contribution is -0.316. The summed E-state index contributed by atoms with van der Waals surface area (Å²) in [5.74, 6) is 0. The highest BCUT2D eigenvalue weighted by atomic mass is 16.7. The van der Waals surface area contributed by atoms with Crippen LogP contribution in [0.5, 0.6) is 0 Å². The molecule has 1 heterocycles. The Balaban J connectivity index is 2.13. The van der Waals surface area contributed by atoms with Gasteiger partial charge in [-0.2, -0.15) is 0 Å². The summed E-state index contributed by atoms with van der Waals surface area (Å²) >= 11 is 0. The Morgan fingerprint density at radius 3 is 1.70 bits per heavy atom. The summed E-state index contributed by atoms with van der Waals surface area (Å²) < 4.78 is 10.4. The summed E-state index contributed by atoms with van der Waals surface area (Å²) in [6.07, 6.45) is -16.1. The van der Waals surface area contributed by atoms with Crippen molar-refractivity contribution in [2.45, 2.75) is 67.3 Å². The van der Waals surface area contributed by atoms with E-state index in [4.69, 9.17) is 20.3 Å². The molecule has 23 heavy (non-hydrogen) atoms. The molecule has 11 nitrogen and oxygen atoms in total. The van der Waals surface area contributed by atoms with Crippen LogP contribution in [-0.2, 0) is 9.47 Å². The Morgan fingerprint density at radius 2 is 1.22 bits per heavy atom. The third-order valence-corrected chi connectivity index (χ3v) is 4.29. The number of aliphatic hydroxyl groups excluding tert-OH is 8. The molecule has 0 aromatic heterocycles. The van der Waals surface area contributed by atoms with Crippen molar-refractivity contribution in [3.63, 3.8) is 0 Å². The standard InChI is InChI=1S/C12H23NO10/c13-3-5(16)4(15)2(1-14)22-12(3)23-11-9(20)7(18)6(17)8(19)10(11)21/h2-12,14-21H,1,13H2/t2-,3-,4-,5-,6-,7-,8+,9-,10-,11+,12-/m1/s1. The summed E-state index contributed by atoms with van der Waals surface area (Å²) in [4.78, 5) is 0. The first kappa shape index (κ1) is 18.9. The quantitative estimate of drug-likeness (QED) is 0.236. The molecule has 0 amide bonds. The molecule has 10 N–H and O–H groups in total. The van der Waals surface area contributed by atoms with Crippen LogP contribution in [0.15, 0.2) is 0 Å². The van der Waals surface area contributed by atoms with E-state index >= 15 is 0 Å². The molecule has 0 bridgehead atoms. The van der Waals surface area contributed by atoms with Gasteiger partial charge in [-0.15, -0.1) is 0 Å². The van der Waals surface area contributed by atoms with E-state index in [0.29, 0.717) is 0 Å². The average molecular weight is 341 g/mol. The van der Waals surface area contributed by atoms with Crippen molar-refractivity contribution >= 4 is 0 Å². The van der Waals surface area contributed by atoms with Gasteiger partial charge in [0.15, 0.2) is 6.29 Å². The second-order valence-electron chi connectivity index (χ2n) is 5.84. The third-order valence-electron chi connectivity index (χ3n) is 4.29. The first-order chi connectivity index (χ1) is 10.7. The van der Waals surface area contributed by atoms with E-state index in [1.54, 1.807) is 0 Å². The number of rotatable bonds is 3. The van der Waals surface area contributed by atoms with E-state index in [1.165, 1.54) is 0 Å². The molecule has 2 rings (SSSR count). The SMILES string of the molecule is N[C@H]1[C@@H](O[C@H]2[C@H](O)[C@H](O)[C@@H](O)[C@H](O)[C@H]2O)O[C@H](CO)[C@@H](O)[C@@H]1O. The zero-order valence-electron chi connectivity index (χ0n) is 12.0. The van der Waals surface area contributed by atoms with Crippen molar-refractivity contribution in [3.8, 4) is 0 Å². The van der Waals surface area contributed by atoms with E-state index in [1.807, 2.05) is 0 Å². The fraction of sp³-hybridized carbons (Fsp3) is 1.00. The predicted octanol–water partition coefficient (Wildman–Crippen LogP) is -6.04. The van der Waals surface area contributed by atoms with Crippen molar-refractivity contribution < 1.29 is 50.3 Å². The van der Waals surface area contributed by atoms with Crippen LogP contribution in [0.4, 0.5) is 0 Å². The number of nitrogens with two attached hydrogens (primary N) is 1. The van der Waals surface area contributed by atoms with Crippen molar-refractivity contribution in [1.29, 1.82) is 0 Å². The van der Waals surface area contributed by atoms with E-state index in [0.717, 1.165) is 0 Å². The number of hydrogen-bond acceptors (Lipinski definition) is 11. The van der Waals surface area contributed by atoms with E-state index < -0.39 is 73.9 Å². The van der Waals surface area contributed by atoms with Crippen LogP contribution in [0.1, 0.15) is 0 Å². The van der Waals surface area contributed by atoms with Gasteiger partial charge in [0.1, 0.15) is 54.9 Å². The lowest BCUT2D eigenvalue weighted by atomic mass is 9.84. The van der Waals surface area contributed by atoms with Crippen molar-refractivity contribution in [3.05, 3.63) is 0 Å². The fourth-order valence-corrected chi connectivity index (χ4v) is 2.74. The molecule has 1 aliphatic carbocycles. The molecule has 0 radical (unpaired) electrons. The molecule has 1 saturated carbocycles. The van der Waals surface area contributed by atoms with Gasteiger partial charge in [0.25, 0.3) is 0 Å². The molecule has 0 aromatic rings. The average Bonchev–Trinajstić information content (AvgIpc) is 2.54. The molecule has 11 heteroatoms. The Kier molecular flexibility index (Phi) is 5.92. The predicted molar refractivity (Wildman–Crippen MR) is 70.6 cm³/mol. The molecule has 11 atom stereocenters. The van der Waals surface area contributed by atoms with Crippen LogP contribution in [0, 0.1) is 0 Å². The zero-order valence-corrected chi connectivity index (χ0v) is 12.0. The minimum atomic E-state index is -1.79. The third kappa shape index (κ3) is 3.36. The van der Waals surface area contributed by atoms with Crippen LogP contribution in [0.25, 0.3) is 0 Å². The van der Waals surface area contributed by atoms with Gasteiger partial charge in [0, 0.05) is 0 Å². The van der Waals surface area contributed by atoms with E-state index in [-0.39, 0.29) is 0 Å². The summed E-state index contributed by atoms with van der Waals surface area (Å²) in [6.45, 7) is -0.648. The van der Waals surface area contributed by atoms with Gasteiger partial charge in [-0.3, -0.25) is 0 Å². The summed E-state index contributed by atoms with van der Waals surface area (Å²) in [6, 6.07) is -1.28.